The summed E-state index contributed by atoms with van der Waals surface area (Å²) in [4.78, 5) is 54.4. The number of piperidine rings is 1. The van der Waals surface area contributed by atoms with E-state index in [1.54, 1.807) is 36.7 Å². The Kier molecular flexibility index (Phi) is 4.81. The van der Waals surface area contributed by atoms with Crippen LogP contribution in [0.4, 0.5) is 5.69 Å². The highest BCUT2D eigenvalue weighted by Gasteiger charge is 2.45. The number of anilines is 1. The molecule has 1 atom stereocenters. The fourth-order valence-corrected chi connectivity index (χ4v) is 3.68. The molecule has 1 aromatic carbocycles. The van der Waals surface area contributed by atoms with E-state index in [4.69, 9.17) is 5.73 Å². The van der Waals surface area contributed by atoms with Gasteiger partial charge < -0.3 is 11.1 Å². The average molecular weight is 393 g/mol. The molecule has 2 aromatic rings. The molecule has 0 saturated carbocycles. The van der Waals surface area contributed by atoms with Gasteiger partial charge in [0.15, 0.2) is 0 Å². The van der Waals surface area contributed by atoms with Gasteiger partial charge in [0.1, 0.15) is 6.04 Å². The van der Waals surface area contributed by atoms with Crippen molar-refractivity contribution in [2.24, 2.45) is 0 Å². The Morgan fingerprint density at radius 2 is 1.97 bits per heavy atom. The van der Waals surface area contributed by atoms with Crippen LogP contribution in [-0.4, -0.2) is 39.6 Å². The molecule has 4 N–H and O–H groups in total. The van der Waals surface area contributed by atoms with Crippen molar-refractivity contribution in [3.8, 4) is 0 Å². The second-order valence-corrected chi connectivity index (χ2v) is 7.02. The fourth-order valence-electron chi connectivity index (χ4n) is 3.68. The molecule has 0 bridgehead atoms. The zero-order valence-corrected chi connectivity index (χ0v) is 15.5. The van der Waals surface area contributed by atoms with Crippen LogP contribution in [0.15, 0.2) is 36.7 Å². The van der Waals surface area contributed by atoms with Crippen LogP contribution in [0.2, 0.25) is 0 Å². The fraction of sp³-hybridized carbons (Fsp3) is 0.250. The van der Waals surface area contributed by atoms with E-state index < -0.39 is 29.7 Å². The SMILES string of the molecule is Nc1cncc(CNCc2cccc3c2C(=O)N(C2CCC(=O)NC2=O)C3=O)c1. The number of nitrogen functional groups attached to an aromatic ring is 1. The molecule has 29 heavy (non-hydrogen) atoms. The van der Waals surface area contributed by atoms with Crippen LogP contribution in [0.3, 0.4) is 0 Å². The monoisotopic (exact) mass is 393 g/mol. The lowest BCUT2D eigenvalue weighted by molar-refractivity contribution is -0.136. The van der Waals surface area contributed by atoms with Crippen molar-refractivity contribution in [3.63, 3.8) is 0 Å². The molecule has 3 heterocycles. The quantitative estimate of drug-likeness (QED) is 0.624. The first-order chi connectivity index (χ1) is 14.0. The first-order valence-electron chi connectivity index (χ1n) is 9.19. The van der Waals surface area contributed by atoms with Crippen molar-refractivity contribution in [1.29, 1.82) is 0 Å². The Labute approximate surface area is 166 Å². The maximum absolute atomic E-state index is 13.0. The summed E-state index contributed by atoms with van der Waals surface area (Å²) in [6, 6.07) is 5.88. The lowest BCUT2D eigenvalue weighted by Crippen LogP contribution is -2.54. The van der Waals surface area contributed by atoms with E-state index in [-0.39, 0.29) is 18.4 Å². The maximum atomic E-state index is 13.0. The summed E-state index contributed by atoms with van der Waals surface area (Å²) in [6.07, 6.45) is 3.47. The number of imide groups is 2. The molecule has 4 rings (SSSR count). The summed E-state index contributed by atoms with van der Waals surface area (Å²) >= 11 is 0. The van der Waals surface area contributed by atoms with Crippen LogP contribution >= 0.6 is 0 Å². The van der Waals surface area contributed by atoms with Crippen LogP contribution < -0.4 is 16.4 Å². The molecule has 2 aliphatic heterocycles. The van der Waals surface area contributed by atoms with Crippen LogP contribution in [0.5, 0.6) is 0 Å². The highest BCUT2D eigenvalue weighted by atomic mass is 16.2. The number of amides is 4. The molecule has 1 saturated heterocycles. The summed E-state index contributed by atoms with van der Waals surface area (Å²) in [5, 5.41) is 5.41. The largest absolute Gasteiger partial charge is 0.397 e. The topological polar surface area (TPSA) is 134 Å². The van der Waals surface area contributed by atoms with Gasteiger partial charge in [0.05, 0.1) is 16.8 Å². The number of nitrogens with one attached hydrogen (secondary N) is 2. The first kappa shape index (κ1) is 18.8. The molecule has 0 spiro atoms. The van der Waals surface area contributed by atoms with Gasteiger partial charge in [-0.05, 0) is 29.7 Å². The van der Waals surface area contributed by atoms with Crippen molar-refractivity contribution in [2.45, 2.75) is 32.0 Å². The minimum atomic E-state index is -0.973. The number of fused-ring (bicyclic) bond motifs is 1. The van der Waals surface area contributed by atoms with Gasteiger partial charge >= 0.3 is 0 Å². The molecule has 0 aliphatic carbocycles. The summed E-state index contributed by atoms with van der Waals surface area (Å²) < 4.78 is 0. The van der Waals surface area contributed by atoms with Gasteiger partial charge in [-0.3, -0.25) is 34.4 Å². The second-order valence-electron chi connectivity index (χ2n) is 7.02. The summed E-state index contributed by atoms with van der Waals surface area (Å²) in [6.45, 7) is 0.834. The van der Waals surface area contributed by atoms with Gasteiger partial charge in [-0.2, -0.15) is 0 Å². The Balaban J connectivity index is 1.53. The Bertz CT molecular complexity index is 1040. The molecular formula is C20H19N5O4. The predicted molar refractivity (Wildman–Crippen MR) is 102 cm³/mol. The van der Waals surface area contributed by atoms with Crippen LogP contribution in [-0.2, 0) is 22.7 Å². The minimum Gasteiger partial charge on any atom is -0.397 e. The third kappa shape index (κ3) is 3.47. The van der Waals surface area contributed by atoms with Crippen molar-refractivity contribution in [3.05, 3.63) is 58.9 Å². The van der Waals surface area contributed by atoms with Gasteiger partial charge in [-0.15, -0.1) is 0 Å². The Morgan fingerprint density at radius 1 is 1.14 bits per heavy atom. The van der Waals surface area contributed by atoms with E-state index in [1.165, 1.54) is 0 Å². The number of hydrogen-bond donors (Lipinski definition) is 3. The molecule has 0 radical (unpaired) electrons. The van der Waals surface area contributed by atoms with Gasteiger partial charge in [-0.25, -0.2) is 0 Å². The van der Waals surface area contributed by atoms with Gasteiger partial charge in [0.25, 0.3) is 11.8 Å². The zero-order valence-electron chi connectivity index (χ0n) is 15.5. The average Bonchev–Trinajstić information content (AvgIpc) is 2.94. The van der Waals surface area contributed by atoms with Crippen LogP contribution in [0.25, 0.3) is 0 Å². The van der Waals surface area contributed by atoms with Gasteiger partial charge in [-0.1, -0.05) is 12.1 Å². The molecule has 9 heteroatoms. The second kappa shape index (κ2) is 7.44. The molecule has 1 unspecified atom stereocenters. The smallest absolute Gasteiger partial charge is 0.262 e. The summed E-state index contributed by atoms with van der Waals surface area (Å²) in [5.74, 6) is -2.04. The predicted octanol–water partition coefficient (Wildman–Crippen LogP) is 0.355. The first-order valence-corrected chi connectivity index (χ1v) is 9.19. The highest BCUT2D eigenvalue weighted by Crippen LogP contribution is 2.29. The van der Waals surface area contributed by atoms with E-state index >= 15 is 0 Å². The number of aromatic nitrogens is 1. The van der Waals surface area contributed by atoms with Crippen LogP contribution in [0.1, 0.15) is 44.7 Å². The molecule has 1 fully saturated rings. The number of hydrogen-bond acceptors (Lipinski definition) is 7. The number of pyridine rings is 1. The number of benzene rings is 1. The van der Waals surface area contributed by atoms with Crippen molar-refractivity contribution in [2.75, 3.05) is 5.73 Å². The lowest BCUT2D eigenvalue weighted by atomic mass is 10.0. The number of nitrogens with two attached hydrogens (primary N) is 1. The van der Waals surface area contributed by atoms with Crippen LogP contribution in [0, 0.1) is 0 Å². The van der Waals surface area contributed by atoms with E-state index in [2.05, 4.69) is 15.6 Å². The maximum Gasteiger partial charge on any atom is 0.262 e. The Hall–Kier alpha value is -3.59. The normalized spacial score (nSPS) is 18.8. The molecule has 2 aliphatic rings. The number of nitrogens with zero attached hydrogens (tertiary/aromatic N) is 2. The van der Waals surface area contributed by atoms with Crippen molar-refractivity contribution in [1.82, 2.24) is 20.5 Å². The van der Waals surface area contributed by atoms with Crippen molar-refractivity contribution < 1.29 is 19.2 Å². The van der Waals surface area contributed by atoms with E-state index in [1.807, 2.05) is 0 Å². The summed E-state index contributed by atoms with van der Waals surface area (Å²) in [5.41, 5.74) is 8.40. The molecular weight excluding hydrogens is 374 g/mol. The molecule has 1 aromatic heterocycles. The third-order valence-corrected chi connectivity index (χ3v) is 5.02. The number of carbonyl (C=O) groups is 4. The van der Waals surface area contributed by atoms with E-state index in [0.29, 0.717) is 29.9 Å². The highest BCUT2D eigenvalue weighted by molar-refractivity contribution is 6.24. The summed E-state index contributed by atoms with van der Waals surface area (Å²) in [7, 11) is 0. The zero-order chi connectivity index (χ0) is 20.5. The van der Waals surface area contributed by atoms with E-state index in [0.717, 1.165) is 10.5 Å². The Morgan fingerprint density at radius 3 is 2.72 bits per heavy atom. The number of rotatable bonds is 5. The minimum absolute atomic E-state index is 0.0897. The van der Waals surface area contributed by atoms with Gasteiger partial charge in [0.2, 0.25) is 11.8 Å². The number of carbonyl (C=O) groups excluding carboxylic acids is 4. The van der Waals surface area contributed by atoms with Gasteiger partial charge in [0, 0.05) is 31.9 Å². The third-order valence-electron chi connectivity index (χ3n) is 5.02. The van der Waals surface area contributed by atoms with E-state index in [9.17, 15) is 19.2 Å². The van der Waals surface area contributed by atoms with Crippen molar-refractivity contribution >= 4 is 29.3 Å². The molecule has 4 amide bonds. The molecule has 148 valence electrons. The molecule has 9 nitrogen and oxygen atoms in total. The lowest BCUT2D eigenvalue weighted by Gasteiger charge is -2.27. The standard InChI is InChI=1S/C20H19N5O4/c21-13-6-11(8-23-10-13)7-22-9-12-2-1-3-14-17(12)20(29)25(19(14)28)15-4-5-16(26)24-18(15)27/h1-3,6,8,10,15,22H,4-5,7,9,21H2,(H,24,26,27).